The molecule has 0 fully saturated rings. The molecule has 2 unspecified atom stereocenters. The van der Waals surface area contributed by atoms with Crippen LogP contribution in [-0.2, 0) is 7.05 Å². The molecule has 0 aliphatic rings. The Morgan fingerprint density at radius 2 is 1.95 bits per heavy atom. The molecule has 0 saturated heterocycles. The molecule has 0 spiro atoms. The van der Waals surface area contributed by atoms with Crippen molar-refractivity contribution in [3.8, 4) is 0 Å². The van der Waals surface area contributed by atoms with Crippen LogP contribution in [0, 0.1) is 6.92 Å². The first-order valence-electron chi connectivity index (χ1n) is 7.03. The lowest BCUT2D eigenvalue weighted by Gasteiger charge is -2.22. The van der Waals surface area contributed by atoms with Gasteiger partial charge < -0.3 is 5.32 Å². The maximum atomic E-state index is 5.95. The van der Waals surface area contributed by atoms with Crippen molar-refractivity contribution in [2.75, 3.05) is 0 Å². The average molecular weight is 292 g/mol. The molecule has 0 amide bonds. The topological polar surface area (TPSA) is 29.9 Å². The van der Waals surface area contributed by atoms with Crippen LogP contribution in [0.3, 0.4) is 0 Å². The summed E-state index contributed by atoms with van der Waals surface area (Å²) < 4.78 is 1.87. The van der Waals surface area contributed by atoms with E-state index >= 15 is 0 Å². The normalized spacial score (nSPS) is 14.2. The largest absolute Gasteiger partial charge is 0.303 e. The monoisotopic (exact) mass is 291 g/mol. The summed E-state index contributed by atoms with van der Waals surface area (Å²) in [5.74, 6) is 0. The predicted octanol–water partition coefficient (Wildman–Crippen LogP) is 4.18. The van der Waals surface area contributed by atoms with Gasteiger partial charge in [-0.15, -0.1) is 0 Å². The molecule has 0 saturated carbocycles. The fraction of sp³-hybridized carbons (Fsp3) is 0.438. The number of nitrogens with one attached hydrogen (secondary N) is 1. The van der Waals surface area contributed by atoms with Crippen molar-refractivity contribution >= 4 is 11.6 Å². The summed E-state index contributed by atoms with van der Waals surface area (Å²) in [6.07, 6.45) is 3.12. The summed E-state index contributed by atoms with van der Waals surface area (Å²) in [7, 11) is 1.96. The van der Waals surface area contributed by atoms with E-state index in [0.717, 1.165) is 17.1 Å². The number of rotatable bonds is 5. The van der Waals surface area contributed by atoms with E-state index in [4.69, 9.17) is 11.6 Å². The zero-order chi connectivity index (χ0) is 14.7. The van der Waals surface area contributed by atoms with Crippen molar-refractivity contribution in [1.82, 2.24) is 15.1 Å². The van der Waals surface area contributed by atoms with E-state index in [0.29, 0.717) is 6.04 Å². The van der Waals surface area contributed by atoms with Crippen LogP contribution in [0.15, 0.2) is 30.5 Å². The number of benzene rings is 1. The summed E-state index contributed by atoms with van der Waals surface area (Å²) >= 11 is 5.95. The second-order valence-electron chi connectivity index (χ2n) is 5.24. The minimum atomic E-state index is 0.268. The number of halogens is 1. The van der Waals surface area contributed by atoms with E-state index in [2.05, 4.69) is 49.5 Å². The van der Waals surface area contributed by atoms with E-state index in [1.54, 1.807) is 0 Å². The van der Waals surface area contributed by atoms with E-state index < -0.39 is 0 Å². The molecule has 108 valence electrons. The Balaban J connectivity index is 2.13. The van der Waals surface area contributed by atoms with Crippen molar-refractivity contribution in [3.63, 3.8) is 0 Å². The van der Waals surface area contributed by atoms with E-state index in [1.807, 2.05) is 23.9 Å². The number of nitrogens with zero attached hydrogens (tertiary/aromatic N) is 2. The number of aromatic nitrogens is 2. The van der Waals surface area contributed by atoms with Gasteiger partial charge in [0.15, 0.2) is 0 Å². The molecule has 1 aromatic carbocycles. The van der Waals surface area contributed by atoms with Gasteiger partial charge in [0.05, 0.1) is 5.69 Å². The molecule has 2 atom stereocenters. The third kappa shape index (κ3) is 3.41. The van der Waals surface area contributed by atoms with Crippen LogP contribution in [0.1, 0.15) is 49.2 Å². The van der Waals surface area contributed by atoms with Crippen LogP contribution < -0.4 is 5.32 Å². The van der Waals surface area contributed by atoms with Crippen LogP contribution in [0.4, 0.5) is 0 Å². The minimum absolute atomic E-state index is 0.268. The highest BCUT2D eigenvalue weighted by atomic mass is 35.5. The van der Waals surface area contributed by atoms with Crippen LogP contribution in [0.5, 0.6) is 0 Å². The first kappa shape index (κ1) is 15.1. The Kier molecular flexibility index (Phi) is 4.84. The van der Waals surface area contributed by atoms with E-state index in [-0.39, 0.29) is 6.04 Å². The molecular formula is C16H22ClN3. The third-order valence-corrected chi connectivity index (χ3v) is 3.90. The quantitative estimate of drug-likeness (QED) is 0.895. The molecule has 4 heteroatoms. The molecule has 0 aliphatic heterocycles. The van der Waals surface area contributed by atoms with Gasteiger partial charge in [0.2, 0.25) is 0 Å². The maximum absolute atomic E-state index is 5.95. The highest BCUT2D eigenvalue weighted by Crippen LogP contribution is 2.24. The standard InChI is InChI=1S/C16H22ClN3/c1-5-16(13-6-8-14(17)9-7-13)18-11(2)15-10-20(4)19-12(15)3/h6-11,16,18H,5H2,1-4H3. The number of aryl methyl sites for hydroxylation is 2. The highest BCUT2D eigenvalue weighted by Gasteiger charge is 2.16. The Hall–Kier alpha value is -1.32. The average Bonchev–Trinajstić information content (AvgIpc) is 2.76. The molecule has 20 heavy (non-hydrogen) atoms. The van der Waals surface area contributed by atoms with Gasteiger partial charge in [-0.05, 0) is 38.0 Å². The van der Waals surface area contributed by atoms with Crippen molar-refractivity contribution in [2.24, 2.45) is 7.05 Å². The highest BCUT2D eigenvalue weighted by molar-refractivity contribution is 6.30. The first-order chi connectivity index (χ1) is 9.51. The lowest BCUT2D eigenvalue weighted by atomic mass is 10.0. The first-order valence-corrected chi connectivity index (χ1v) is 7.40. The molecule has 1 aromatic heterocycles. The lowest BCUT2D eigenvalue weighted by molar-refractivity contribution is 0.455. The smallest absolute Gasteiger partial charge is 0.0641 e. The van der Waals surface area contributed by atoms with Gasteiger partial charge in [-0.2, -0.15) is 5.10 Å². The molecular weight excluding hydrogens is 270 g/mol. The van der Waals surface area contributed by atoms with Gasteiger partial charge >= 0.3 is 0 Å². The summed E-state index contributed by atoms with van der Waals surface area (Å²) in [6.45, 7) is 6.43. The second kappa shape index (κ2) is 6.42. The van der Waals surface area contributed by atoms with Gasteiger partial charge in [0.1, 0.15) is 0 Å². The Bertz CT molecular complexity index is 560. The van der Waals surface area contributed by atoms with Gasteiger partial charge in [0, 0.05) is 35.9 Å². The predicted molar refractivity (Wildman–Crippen MR) is 84.0 cm³/mol. The number of hydrogen-bond acceptors (Lipinski definition) is 2. The fourth-order valence-corrected chi connectivity index (χ4v) is 2.71. The minimum Gasteiger partial charge on any atom is -0.303 e. The van der Waals surface area contributed by atoms with Gasteiger partial charge in [0.25, 0.3) is 0 Å². The zero-order valence-electron chi connectivity index (χ0n) is 12.5. The summed E-state index contributed by atoms with van der Waals surface area (Å²) in [5, 5.41) is 8.86. The molecule has 1 heterocycles. The molecule has 0 bridgehead atoms. The van der Waals surface area contributed by atoms with Gasteiger partial charge in [-0.3, -0.25) is 4.68 Å². The summed E-state index contributed by atoms with van der Waals surface area (Å²) in [6, 6.07) is 8.66. The van der Waals surface area contributed by atoms with Crippen molar-refractivity contribution in [2.45, 2.75) is 39.3 Å². The van der Waals surface area contributed by atoms with E-state index in [1.165, 1.54) is 11.1 Å². The van der Waals surface area contributed by atoms with Crippen LogP contribution in [0.2, 0.25) is 5.02 Å². The summed E-state index contributed by atoms with van der Waals surface area (Å²) in [4.78, 5) is 0. The number of hydrogen-bond donors (Lipinski definition) is 1. The maximum Gasteiger partial charge on any atom is 0.0641 e. The van der Waals surface area contributed by atoms with Crippen molar-refractivity contribution in [3.05, 3.63) is 52.3 Å². The van der Waals surface area contributed by atoms with Gasteiger partial charge in [-0.25, -0.2) is 0 Å². The fourth-order valence-electron chi connectivity index (χ4n) is 2.58. The Morgan fingerprint density at radius 3 is 2.45 bits per heavy atom. The Labute approximate surface area is 126 Å². The van der Waals surface area contributed by atoms with Gasteiger partial charge in [-0.1, -0.05) is 30.7 Å². The second-order valence-corrected chi connectivity index (χ2v) is 5.68. The molecule has 0 radical (unpaired) electrons. The molecule has 0 aliphatic carbocycles. The van der Waals surface area contributed by atoms with Crippen LogP contribution in [0.25, 0.3) is 0 Å². The summed E-state index contributed by atoms with van der Waals surface area (Å²) in [5.41, 5.74) is 3.60. The lowest BCUT2D eigenvalue weighted by Crippen LogP contribution is -2.24. The third-order valence-electron chi connectivity index (χ3n) is 3.65. The van der Waals surface area contributed by atoms with Crippen molar-refractivity contribution < 1.29 is 0 Å². The van der Waals surface area contributed by atoms with E-state index in [9.17, 15) is 0 Å². The molecule has 1 N–H and O–H groups in total. The molecule has 2 rings (SSSR count). The van der Waals surface area contributed by atoms with Crippen LogP contribution >= 0.6 is 11.6 Å². The SMILES string of the molecule is CCC(NC(C)c1cn(C)nc1C)c1ccc(Cl)cc1. The zero-order valence-corrected chi connectivity index (χ0v) is 13.3. The Morgan fingerprint density at radius 1 is 1.30 bits per heavy atom. The molecule has 2 aromatic rings. The molecule has 3 nitrogen and oxygen atoms in total. The van der Waals surface area contributed by atoms with Crippen molar-refractivity contribution in [1.29, 1.82) is 0 Å². The van der Waals surface area contributed by atoms with Crippen LogP contribution in [-0.4, -0.2) is 9.78 Å².